The summed E-state index contributed by atoms with van der Waals surface area (Å²) in [6.07, 6.45) is 4.15. The molecule has 92 valence electrons. The number of rotatable bonds is 3. The van der Waals surface area contributed by atoms with E-state index in [0.717, 1.165) is 32.1 Å². The van der Waals surface area contributed by atoms with Crippen molar-refractivity contribution >= 4 is 12.1 Å². The highest BCUT2D eigenvalue weighted by atomic mass is 16.5. The molecule has 2 N–H and O–H groups in total. The molecule has 1 atom stereocenters. The van der Waals surface area contributed by atoms with Gasteiger partial charge in [0.05, 0.1) is 7.11 Å². The van der Waals surface area contributed by atoms with Crippen LogP contribution < -0.4 is 5.32 Å². The Hall–Kier alpha value is -1.26. The molecule has 0 heterocycles. The summed E-state index contributed by atoms with van der Waals surface area (Å²) in [5.74, 6) is -0.991. The van der Waals surface area contributed by atoms with E-state index >= 15 is 0 Å². The van der Waals surface area contributed by atoms with Gasteiger partial charge in [-0.25, -0.2) is 9.59 Å². The molecule has 16 heavy (non-hydrogen) atoms. The van der Waals surface area contributed by atoms with E-state index in [0.29, 0.717) is 0 Å². The fraction of sp³-hybridized carbons (Fsp3) is 0.818. The molecule has 1 rings (SSSR count). The van der Waals surface area contributed by atoms with Crippen LogP contribution in [0.2, 0.25) is 0 Å². The van der Waals surface area contributed by atoms with Crippen LogP contribution in [0.3, 0.4) is 0 Å². The molecule has 5 heteroatoms. The minimum absolute atomic E-state index is 0.363. The van der Waals surface area contributed by atoms with Crippen molar-refractivity contribution in [2.24, 2.45) is 5.41 Å². The average Bonchev–Trinajstić information content (AvgIpc) is 2.25. The van der Waals surface area contributed by atoms with E-state index in [2.05, 4.69) is 10.1 Å². The van der Waals surface area contributed by atoms with E-state index < -0.39 is 18.1 Å². The van der Waals surface area contributed by atoms with Gasteiger partial charge in [0.2, 0.25) is 0 Å². The van der Waals surface area contributed by atoms with Gasteiger partial charge in [-0.15, -0.1) is 0 Å². The van der Waals surface area contributed by atoms with Crippen molar-refractivity contribution in [3.05, 3.63) is 0 Å². The molecule has 0 bridgehead atoms. The minimum Gasteiger partial charge on any atom is -0.480 e. The van der Waals surface area contributed by atoms with E-state index in [1.807, 2.05) is 6.92 Å². The molecule has 0 aromatic rings. The number of amides is 1. The van der Waals surface area contributed by atoms with Crippen molar-refractivity contribution in [1.82, 2.24) is 5.32 Å². The van der Waals surface area contributed by atoms with Crippen LogP contribution in [0.15, 0.2) is 0 Å². The number of aliphatic carboxylic acids is 1. The highest BCUT2D eigenvalue weighted by Crippen LogP contribution is 2.38. The van der Waals surface area contributed by atoms with Gasteiger partial charge in [-0.2, -0.15) is 0 Å². The molecule has 1 fully saturated rings. The second-order valence-electron chi connectivity index (χ2n) is 4.62. The first-order chi connectivity index (χ1) is 7.49. The SMILES string of the molecule is COC(=O)NC(C(=O)O)C1(C)CCCCC1. The molecule has 0 radical (unpaired) electrons. The number of carbonyl (C=O) groups excluding carboxylic acids is 1. The number of ether oxygens (including phenoxy) is 1. The molecule has 0 saturated heterocycles. The summed E-state index contributed by atoms with van der Waals surface area (Å²) < 4.78 is 4.45. The molecule has 0 aromatic carbocycles. The zero-order valence-corrected chi connectivity index (χ0v) is 9.78. The van der Waals surface area contributed by atoms with Crippen molar-refractivity contribution < 1.29 is 19.4 Å². The smallest absolute Gasteiger partial charge is 0.407 e. The Labute approximate surface area is 95.2 Å². The molecular weight excluding hydrogens is 210 g/mol. The minimum atomic E-state index is -0.991. The first-order valence-corrected chi connectivity index (χ1v) is 5.57. The highest BCUT2D eigenvalue weighted by molar-refractivity contribution is 5.80. The molecule has 1 amide bonds. The predicted octanol–water partition coefficient (Wildman–Crippen LogP) is 1.77. The van der Waals surface area contributed by atoms with Crippen molar-refractivity contribution in [1.29, 1.82) is 0 Å². The third-order valence-corrected chi connectivity index (χ3v) is 3.39. The lowest BCUT2D eigenvalue weighted by molar-refractivity contribution is -0.143. The Morgan fingerprint density at radius 2 is 1.88 bits per heavy atom. The van der Waals surface area contributed by atoms with E-state index in [1.54, 1.807) is 0 Å². The van der Waals surface area contributed by atoms with Gasteiger partial charge < -0.3 is 15.2 Å². The Morgan fingerprint density at radius 3 is 2.31 bits per heavy atom. The molecule has 1 saturated carbocycles. The molecule has 0 aromatic heterocycles. The Morgan fingerprint density at radius 1 is 1.31 bits per heavy atom. The van der Waals surface area contributed by atoms with Crippen LogP contribution in [-0.4, -0.2) is 30.3 Å². The van der Waals surface area contributed by atoms with Gasteiger partial charge in [0.25, 0.3) is 0 Å². The molecule has 1 unspecified atom stereocenters. The maximum atomic E-state index is 11.2. The van der Waals surface area contributed by atoms with Crippen LogP contribution in [0.25, 0.3) is 0 Å². The fourth-order valence-corrected chi connectivity index (χ4v) is 2.36. The first-order valence-electron chi connectivity index (χ1n) is 5.57. The van der Waals surface area contributed by atoms with E-state index in [4.69, 9.17) is 5.11 Å². The highest BCUT2D eigenvalue weighted by Gasteiger charge is 2.41. The monoisotopic (exact) mass is 229 g/mol. The van der Waals surface area contributed by atoms with Gasteiger partial charge in [-0.05, 0) is 18.3 Å². The third-order valence-electron chi connectivity index (χ3n) is 3.39. The quantitative estimate of drug-likeness (QED) is 0.773. The van der Waals surface area contributed by atoms with Crippen LogP contribution in [0.1, 0.15) is 39.0 Å². The second kappa shape index (κ2) is 5.18. The maximum absolute atomic E-state index is 11.2. The molecule has 0 spiro atoms. The summed E-state index contributed by atoms with van der Waals surface area (Å²) in [5, 5.41) is 11.6. The number of methoxy groups -OCH3 is 1. The summed E-state index contributed by atoms with van der Waals surface area (Å²) in [7, 11) is 1.23. The Kier molecular flexibility index (Phi) is 4.15. The summed E-state index contributed by atoms with van der Waals surface area (Å²) in [6, 6.07) is -0.861. The normalized spacial score (nSPS) is 20.9. The summed E-state index contributed by atoms with van der Waals surface area (Å²) in [5.41, 5.74) is -0.363. The third kappa shape index (κ3) is 2.87. The number of nitrogens with one attached hydrogen (secondary N) is 1. The van der Waals surface area contributed by atoms with Crippen molar-refractivity contribution in [3.8, 4) is 0 Å². The zero-order valence-electron chi connectivity index (χ0n) is 9.78. The zero-order chi connectivity index (χ0) is 12.2. The van der Waals surface area contributed by atoms with E-state index in [9.17, 15) is 9.59 Å². The molecular formula is C11H19NO4. The van der Waals surface area contributed by atoms with Gasteiger partial charge in [-0.1, -0.05) is 26.2 Å². The molecule has 5 nitrogen and oxygen atoms in total. The van der Waals surface area contributed by atoms with Crippen molar-refractivity contribution in [2.75, 3.05) is 7.11 Å². The summed E-state index contributed by atoms with van der Waals surface area (Å²) in [4.78, 5) is 22.3. The van der Waals surface area contributed by atoms with E-state index in [-0.39, 0.29) is 5.41 Å². The molecule has 0 aliphatic heterocycles. The number of alkyl carbamates (subject to hydrolysis) is 1. The second-order valence-corrected chi connectivity index (χ2v) is 4.62. The van der Waals surface area contributed by atoms with Gasteiger partial charge in [-0.3, -0.25) is 0 Å². The predicted molar refractivity (Wildman–Crippen MR) is 58.2 cm³/mol. The van der Waals surface area contributed by atoms with Crippen molar-refractivity contribution in [2.45, 2.75) is 45.1 Å². The summed E-state index contributed by atoms with van der Waals surface area (Å²) >= 11 is 0. The largest absolute Gasteiger partial charge is 0.480 e. The van der Waals surface area contributed by atoms with Crippen LogP contribution in [0, 0.1) is 5.41 Å². The maximum Gasteiger partial charge on any atom is 0.407 e. The van der Waals surface area contributed by atoms with Crippen LogP contribution in [0.5, 0.6) is 0 Å². The van der Waals surface area contributed by atoms with Gasteiger partial charge in [0.1, 0.15) is 6.04 Å². The lowest BCUT2D eigenvalue weighted by atomic mass is 9.70. The molecule has 1 aliphatic carbocycles. The van der Waals surface area contributed by atoms with Gasteiger partial charge in [0.15, 0.2) is 0 Å². The topological polar surface area (TPSA) is 75.6 Å². The number of hydrogen-bond donors (Lipinski definition) is 2. The standard InChI is InChI=1S/C11H19NO4/c1-11(6-4-3-5-7-11)8(9(13)14)12-10(15)16-2/h8H,3-7H2,1-2H3,(H,12,15)(H,13,14). The van der Waals surface area contributed by atoms with Crippen LogP contribution in [0.4, 0.5) is 4.79 Å². The van der Waals surface area contributed by atoms with Crippen LogP contribution >= 0.6 is 0 Å². The first kappa shape index (κ1) is 12.8. The number of carboxylic acids is 1. The molecule has 1 aliphatic rings. The Balaban J connectivity index is 2.75. The lowest BCUT2D eigenvalue weighted by Gasteiger charge is -2.38. The van der Waals surface area contributed by atoms with Crippen molar-refractivity contribution in [3.63, 3.8) is 0 Å². The Bertz CT molecular complexity index is 271. The number of carboxylic acid groups (broad SMARTS) is 1. The van der Waals surface area contributed by atoms with Gasteiger partial charge >= 0.3 is 12.1 Å². The fourth-order valence-electron chi connectivity index (χ4n) is 2.36. The lowest BCUT2D eigenvalue weighted by Crippen LogP contribution is -2.52. The van der Waals surface area contributed by atoms with Gasteiger partial charge in [0, 0.05) is 0 Å². The van der Waals surface area contributed by atoms with Crippen LogP contribution in [-0.2, 0) is 9.53 Å². The summed E-state index contributed by atoms with van der Waals surface area (Å²) in [6.45, 7) is 1.92. The average molecular weight is 229 g/mol. The van der Waals surface area contributed by atoms with E-state index in [1.165, 1.54) is 7.11 Å². The number of hydrogen-bond acceptors (Lipinski definition) is 3. The number of carbonyl (C=O) groups is 2.